The van der Waals surface area contributed by atoms with E-state index < -0.39 is 111 Å². The molecule has 0 saturated carbocycles. The van der Waals surface area contributed by atoms with Crippen LogP contribution >= 0.6 is 0 Å². The van der Waals surface area contributed by atoms with E-state index in [1.807, 2.05) is 0 Å². The summed E-state index contributed by atoms with van der Waals surface area (Å²) in [6.45, 7) is 5.37. The minimum atomic E-state index is -4.48. The first-order chi connectivity index (χ1) is 29.7. The van der Waals surface area contributed by atoms with Crippen molar-refractivity contribution in [1.29, 1.82) is 0 Å². The first kappa shape index (κ1) is 52.5. The van der Waals surface area contributed by atoms with Gasteiger partial charge in [-0.15, -0.1) is 0 Å². The van der Waals surface area contributed by atoms with E-state index in [-0.39, 0.29) is 83.5 Å². The molecule has 0 fully saturated rings. The van der Waals surface area contributed by atoms with Crippen LogP contribution in [0.3, 0.4) is 0 Å². The van der Waals surface area contributed by atoms with Gasteiger partial charge in [0.15, 0.2) is 5.71 Å². The van der Waals surface area contributed by atoms with E-state index in [4.69, 9.17) is 18.6 Å². The third-order valence-electron chi connectivity index (χ3n) is 10.5. The number of ether oxygens (including phenoxy) is 2. The van der Waals surface area contributed by atoms with Gasteiger partial charge in [0, 0.05) is 47.5 Å². The summed E-state index contributed by atoms with van der Waals surface area (Å²) in [5, 5.41) is 20.1. The number of nitrogens with zero attached hydrogens (tertiary/aromatic N) is 2. The second-order valence-electron chi connectivity index (χ2n) is 16.1. The highest BCUT2D eigenvalue weighted by atomic mass is 32.2. The van der Waals surface area contributed by atoms with Crippen molar-refractivity contribution in [3.63, 3.8) is 0 Å². The number of hydrogen-bond donors (Lipinski definition) is 6. The molecule has 0 amide bonds. The van der Waals surface area contributed by atoms with Gasteiger partial charge in [-0.25, -0.2) is 19.2 Å². The van der Waals surface area contributed by atoms with Gasteiger partial charge in [-0.2, -0.15) is 38.2 Å². The lowest BCUT2D eigenvalue weighted by Crippen LogP contribution is -2.30. The first-order valence-corrected chi connectivity index (χ1v) is 26.0. The fourth-order valence-corrected chi connectivity index (χ4v) is 9.79. The van der Waals surface area contributed by atoms with E-state index >= 15 is 0 Å². The van der Waals surface area contributed by atoms with Crippen LogP contribution in [-0.4, -0.2) is 146 Å². The quantitative estimate of drug-likeness (QED) is 0.0427. The Hall–Kier alpha value is -5.09. The van der Waals surface area contributed by atoms with Crippen LogP contribution < -0.4 is 4.90 Å². The van der Waals surface area contributed by atoms with Crippen LogP contribution in [0.5, 0.6) is 0 Å². The van der Waals surface area contributed by atoms with Gasteiger partial charge < -0.3 is 24.6 Å². The zero-order valence-electron chi connectivity index (χ0n) is 35.5. The maximum absolute atomic E-state index is 13.6. The zero-order valence-corrected chi connectivity index (χ0v) is 38.7. The largest absolute Gasteiger partial charge is 0.478 e. The molecule has 0 unspecified atom stereocenters. The van der Waals surface area contributed by atoms with Crippen LogP contribution in [0.25, 0.3) is 0 Å². The van der Waals surface area contributed by atoms with E-state index in [1.54, 1.807) is 39.8 Å². The summed E-state index contributed by atoms with van der Waals surface area (Å²) in [4.78, 5) is 53.4. The maximum atomic E-state index is 13.6. The molecule has 0 atom stereocenters. The second-order valence-corrected chi connectivity index (χ2v) is 22.4. The summed E-state index contributed by atoms with van der Waals surface area (Å²) in [6, 6.07) is 4.62. The number of allylic oxidation sites excluding steroid dienone is 4. The van der Waals surface area contributed by atoms with Gasteiger partial charge in [0.05, 0.1) is 69.5 Å². The first-order valence-electron chi connectivity index (χ1n) is 19.5. The van der Waals surface area contributed by atoms with Gasteiger partial charge in [-0.3, -0.25) is 18.2 Å². The molecule has 2 aliphatic rings. The number of benzene rings is 2. The molecular formula is C39H49N2O20S4+. The third-order valence-corrected chi connectivity index (χ3v) is 13.7. The normalized spacial score (nSPS) is 16.5. The van der Waals surface area contributed by atoms with Crippen LogP contribution in [0, 0.1) is 0 Å². The number of carbonyl (C=O) groups is 4. The lowest BCUT2D eigenvalue weighted by molar-refractivity contribution is -0.437. The van der Waals surface area contributed by atoms with Crippen molar-refractivity contribution in [3.8, 4) is 0 Å². The average Bonchev–Trinajstić information content (AvgIpc) is 3.50. The number of fused-ring (bicyclic) bond motifs is 2. The molecule has 6 N–H and O–H groups in total. The molecule has 2 aromatic rings. The van der Waals surface area contributed by atoms with Gasteiger partial charge in [0.25, 0.3) is 40.5 Å². The molecule has 0 saturated heterocycles. The summed E-state index contributed by atoms with van der Waals surface area (Å²) in [5.74, 6) is -7.89. The number of hydrogen-bond acceptors (Lipinski definition) is 15. The Bertz CT molecular complexity index is 2830. The fraction of sp³-hybridized carbons (Fsp3) is 0.462. The van der Waals surface area contributed by atoms with E-state index in [0.717, 1.165) is 12.1 Å². The van der Waals surface area contributed by atoms with E-state index in [1.165, 1.54) is 27.7 Å². The monoisotopic (exact) mass is 993 g/mol. The van der Waals surface area contributed by atoms with Gasteiger partial charge in [-0.1, -0.05) is 19.9 Å². The van der Waals surface area contributed by atoms with Crippen molar-refractivity contribution in [2.24, 2.45) is 0 Å². The molecule has 26 heteroatoms. The summed E-state index contributed by atoms with van der Waals surface area (Å²) in [7, 11) is -17.8. The predicted molar refractivity (Wildman–Crippen MR) is 232 cm³/mol. The van der Waals surface area contributed by atoms with Crippen molar-refractivity contribution < 1.29 is 95.3 Å². The van der Waals surface area contributed by atoms with Gasteiger partial charge in [0.1, 0.15) is 6.54 Å². The van der Waals surface area contributed by atoms with E-state index in [9.17, 15) is 72.2 Å². The molecule has 358 valence electrons. The Kier molecular flexibility index (Phi) is 16.0. The van der Waals surface area contributed by atoms with Gasteiger partial charge in [-0.05, 0) is 57.4 Å². The predicted octanol–water partition coefficient (Wildman–Crippen LogP) is 3.12. The van der Waals surface area contributed by atoms with E-state index in [2.05, 4.69) is 0 Å². The molecule has 2 aliphatic heterocycles. The number of carbonyl (C=O) groups excluding carboxylic acids is 2. The number of esters is 2. The second kappa shape index (κ2) is 19.8. The van der Waals surface area contributed by atoms with Crippen molar-refractivity contribution in [1.82, 2.24) is 0 Å². The number of aromatic carboxylic acids is 2. The van der Waals surface area contributed by atoms with E-state index in [0.29, 0.717) is 11.4 Å². The Labute approximate surface area is 375 Å². The van der Waals surface area contributed by atoms with Crippen LogP contribution in [0.2, 0.25) is 0 Å². The highest BCUT2D eigenvalue weighted by molar-refractivity contribution is 7.86. The van der Waals surface area contributed by atoms with Crippen LogP contribution in [-0.2, 0) is 60.8 Å². The molecule has 65 heavy (non-hydrogen) atoms. The Morgan fingerprint density at radius 3 is 1.55 bits per heavy atom. The van der Waals surface area contributed by atoms with Crippen LogP contribution in [0.1, 0.15) is 106 Å². The maximum Gasteiger partial charge on any atom is 0.338 e. The number of anilines is 1. The number of rotatable bonds is 22. The summed E-state index contributed by atoms with van der Waals surface area (Å²) in [6.07, 6.45) is 3.60. The Morgan fingerprint density at radius 1 is 0.631 bits per heavy atom. The van der Waals surface area contributed by atoms with Crippen LogP contribution in [0.4, 0.5) is 11.4 Å². The third kappa shape index (κ3) is 13.5. The summed E-state index contributed by atoms with van der Waals surface area (Å²) >= 11 is 0. The molecule has 0 aliphatic carbocycles. The lowest BCUT2D eigenvalue weighted by atomic mass is 9.78. The molecule has 0 radical (unpaired) electrons. The molecule has 4 rings (SSSR count). The van der Waals surface area contributed by atoms with Crippen LogP contribution in [0.15, 0.2) is 48.2 Å². The Balaban J connectivity index is 1.91. The minimum absolute atomic E-state index is 0.142. The van der Waals surface area contributed by atoms with Crippen molar-refractivity contribution >= 4 is 81.4 Å². The zero-order chi connectivity index (χ0) is 49.1. The number of carboxylic acid groups (broad SMARTS) is 2. The SMILES string of the molecule is CC1(C)C(/C=C/C=C2/N(CCCS(=O)(=O)O)c3cc(C(=O)O)cc(C(=O)OCCCS(=O)(=O)O)c3C2(C)C)=[N+](CCCS(=O)(=O)O)c2cc(C(=O)O)cc(C(=O)OCCCS(=O)(=O)O)c21. The summed E-state index contributed by atoms with van der Waals surface area (Å²) in [5.41, 5.74) is -2.26. The average molecular weight is 994 g/mol. The fourth-order valence-electron chi connectivity index (χ4n) is 7.84. The molecular weight excluding hydrogens is 945 g/mol. The van der Waals surface area contributed by atoms with Gasteiger partial charge in [0.2, 0.25) is 5.69 Å². The molecule has 0 bridgehead atoms. The smallest absolute Gasteiger partial charge is 0.338 e. The van der Waals surface area contributed by atoms with Crippen molar-refractivity contribution in [3.05, 3.63) is 81.6 Å². The Morgan fingerprint density at radius 2 is 1.08 bits per heavy atom. The highest BCUT2D eigenvalue weighted by Gasteiger charge is 2.48. The topological polar surface area (TPSA) is 351 Å². The van der Waals surface area contributed by atoms with Crippen molar-refractivity contribution in [2.45, 2.75) is 64.2 Å². The molecule has 0 spiro atoms. The van der Waals surface area contributed by atoms with Gasteiger partial charge >= 0.3 is 23.9 Å². The standard InChI is InChI=1S/C39H48N2O20S4/c1-38(2)30(40(12-6-16-62(48,49)50)28-22-24(34(42)43)20-26(32(28)38)36(46)60-14-8-18-64(54,55)56)10-5-11-31-39(3,4)33-27(37(47)61-15-9-19-65(57,58)59)21-25(35(44)45)23-29(33)41(31)13-7-17-63(51,52)53/h5,10-11,20-23H,6-9,12-19H2,1-4H3,(H5-,42,43,44,45,48,49,50,51,52,53,54,55,56,57,58,59)/p+1. The molecule has 2 heterocycles. The molecule has 22 nitrogen and oxygen atoms in total. The lowest BCUT2D eigenvalue weighted by Gasteiger charge is -2.27. The molecule has 0 aromatic heterocycles. The number of carboxylic acids is 2. The van der Waals surface area contributed by atoms with Crippen molar-refractivity contribution in [2.75, 3.05) is 54.2 Å². The summed E-state index contributed by atoms with van der Waals surface area (Å²) < 4.78 is 141. The highest BCUT2D eigenvalue weighted by Crippen LogP contribution is 2.50. The molecule has 2 aromatic carbocycles. The minimum Gasteiger partial charge on any atom is -0.478 e.